The van der Waals surface area contributed by atoms with Crippen molar-refractivity contribution >= 4 is 5.97 Å². The Bertz CT molecular complexity index is 465. The second-order valence-electron chi connectivity index (χ2n) is 5.38. The van der Waals surface area contributed by atoms with E-state index in [1.54, 1.807) is 6.92 Å². The number of rotatable bonds is 5. The summed E-state index contributed by atoms with van der Waals surface area (Å²) in [5, 5.41) is 3.18. The maximum atomic E-state index is 13.5. The van der Waals surface area contributed by atoms with Crippen LogP contribution in [0.15, 0.2) is 18.2 Å². The molecule has 0 spiro atoms. The summed E-state index contributed by atoms with van der Waals surface area (Å²) in [5.41, 5.74) is 0.0741. The maximum Gasteiger partial charge on any atom is 0.308 e. The first-order chi connectivity index (χ1) is 10.1. The molecular weight excluding hydrogens is 276 g/mol. The number of halogens is 2. The van der Waals surface area contributed by atoms with Crippen molar-refractivity contribution in [2.45, 2.75) is 45.2 Å². The van der Waals surface area contributed by atoms with Crippen molar-refractivity contribution in [1.82, 2.24) is 5.32 Å². The van der Waals surface area contributed by atoms with E-state index >= 15 is 0 Å². The Morgan fingerprint density at radius 1 is 1.24 bits per heavy atom. The zero-order chi connectivity index (χ0) is 15.2. The molecule has 0 bridgehead atoms. The molecule has 5 heteroatoms. The summed E-state index contributed by atoms with van der Waals surface area (Å²) in [7, 11) is 0. The highest BCUT2D eigenvalue weighted by atomic mass is 19.1. The van der Waals surface area contributed by atoms with Gasteiger partial charge >= 0.3 is 5.97 Å². The third kappa shape index (κ3) is 4.24. The number of esters is 1. The molecule has 1 aromatic rings. The van der Waals surface area contributed by atoms with E-state index in [0.29, 0.717) is 6.61 Å². The molecule has 1 saturated carbocycles. The lowest BCUT2D eigenvalue weighted by Crippen LogP contribution is -2.35. The van der Waals surface area contributed by atoms with Crippen LogP contribution in [0.2, 0.25) is 0 Å². The van der Waals surface area contributed by atoms with Crippen LogP contribution in [0.1, 0.15) is 38.2 Å². The predicted octanol–water partition coefficient (Wildman–Crippen LogP) is 3.18. The first-order valence-corrected chi connectivity index (χ1v) is 7.44. The van der Waals surface area contributed by atoms with Gasteiger partial charge < -0.3 is 10.1 Å². The molecule has 0 radical (unpaired) electrons. The van der Waals surface area contributed by atoms with Gasteiger partial charge in [-0.25, -0.2) is 8.78 Å². The molecule has 1 fully saturated rings. The topological polar surface area (TPSA) is 38.3 Å². The van der Waals surface area contributed by atoms with Gasteiger partial charge in [-0.3, -0.25) is 4.79 Å². The summed E-state index contributed by atoms with van der Waals surface area (Å²) in [5.74, 6) is -1.21. The molecule has 0 saturated heterocycles. The maximum absolute atomic E-state index is 13.5. The summed E-state index contributed by atoms with van der Waals surface area (Å²) in [6.07, 6.45) is 3.16. The Labute approximate surface area is 123 Å². The van der Waals surface area contributed by atoms with E-state index in [4.69, 9.17) is 4.74 Å². The van der Waals surface area contributed by atoms with Crippen molar-refractivity contribution in [3.05, 3.63) is 35.4 Å². The van der Waals surface area contributed by atoms with Gasteiger partial charge in [0.1, 0.15) is 11.6 Å². The molecule has 1 N–H and O–H groups in total. The molecule has 0 aliphatic heterocycles. The molecule has 1 aromatic carbocycles. The minimum atomic E-state index is -0.525. The number of benzene rings is 1. The first-order valence-electron chi connectivity index (χ1n) is 7.44. The lowest BCUT2D eigenvalue weighted by Gasteiger charge is -2.28. The number of carbonyl (C=O) groups is 1. The minimum Gasteiger partial charge on any atom is -0.466 e. The zero-order valence-corrected chi connectivity index (χ0v) is 12.2. The van der Waals surface area contributed by atoms with Crippen molar-refractivity contribution in [2.24, 2.45) is 5.92 Å². The fraction of sp³-hybridized carbons (Fsp3) is 0.562. The smallest absolute Gasteiger partial charge is 0.308 e. The Hall–Kier alpha value is -1.49. The molecular formula is C16H21F2NO2. The average molecular weight is 297 g/mol. The molecule has 2 rings (SSSR count). The molecule has 1 aliphatic rings. The van der Waals surface area contributed by atoms with Gasteiger partial charge in [-0.15, -0.1) is 0 Å². The van der Waals surface area contributed by atoms with E-state index in [9.17, 15) is 13.6 Å². The third-order valence-corrected chi connectivity index (χ3v) is 3.98. The molecule has 0 amide bonds. The number of ether oxygens (including phenoxy) is 1. The van der Waals surface area contributed by atoms with Crippen LogP contribution >= 0.6 is 0 Å². The quantitative estimate of drug-likeness (QED) is 0.848. The Kier molecular flexibility index (Phi) is 5.67. The normalized spacial score (nSPS) is 22.0. The standard InChI is InChI=1S/C16H21F2NO2/c1-2-21-16(20)11-6-8-12(9-7-11)19-10-13-14(17)4-3-5-15(13)18/h3-5,11-12,19H,2,6-10H2,1H3. The van der Waals surface area contributed by atoms with Gasteiger partial charge in [0.2, 0.25) is 0 Å². The van der Waals surface area contributed by atoms with Gasteiger partial charge in [0.25, 0.3) is 0 Å². The summed E-state index contributed by atoms with van der Waals surface area (Å²) in [4.78, 5) is 11.6. The van der Waals surface area contributed by atoms with E-state index in [-0.39, 0.29) is 30.0 Å². The monoisotopic (exact) mass is 297 g/mol. The largest absolute Gasteiger partial charge is 0.466 e. The van der Waals surface area contributed by atoms with Crippen LogP contribution in [0.3, 0.4) is 0 Å². The number of hydrogen-bond donors (Lipinski definition) is 1. The Balaban J connectivity index is 1.80. The molecule has 0 unspecified atom stereocenters. The van der Waals surface area contributed by atoms with Crippen LogP contribution in [0, 0.1) is 17.6 Å². The molecule has 0 atom stereocenters. The number of carbonyl (C=O) groups excluding carboxylic acids is 1. The van der Waals surface area contributed by atoms with Gasteiger partial charge in [-0.2, -0.15) is 0 Å². The van der Waals surface area contributed by atoms with Crippen LogP contribution in [-0.2, 0) is 16.1 Å². The first kappa shape index (κ1) is 15.9. The highest BCUT2D eigenvalue weighted by Crippen LogP contribution is 2.26. The van der Waals surface area contributed by atoms with Crippen LogP contribution in [0.5, 0.6) is 0 Å². The molecule has 1 aliphatic carbocycles. The molecule has 3 nitrogen and oxygen atoms in total. The Morgan fingerprint density at radius 3 is 2.43 bits per heavy atom. The zero-order valence-electron chi connectivity index (χ0n) is 12.2. The van der Waals surface area contributed by atoms with Crippen LogP contribution in [-0.4, -0.2) is 18.6 Å². The van der Waals surface area contributed by atoms with Crippen molar-refractivity contribution in [1.29, 1.82) is 0 Å². The lowest BCUT2D eigenvalue weighted by molar-refractivity contribution is -0.149. The fourth-order valence-electron chi connectivity index (χ4n) is 2.74. The van der Waals surface area contributed by atoms with E-state index in [1.165, 1.54) is 18.2 Å². The van der Waals surface area contributed by atoms with Gasteiger partial charge in [0.15, 0.2) is 0 Å². The van der Waals surface area contributed by atoms with Gasteiger partial charge in [0, 0.05) is 18.2 Å². The fourth-order valence-corrected chi connectivity index (χ4v) is 2.74. The van der Waals surface area contributed by atoms with E-state index < -0.39 is 11.6 Å². The van der Waals surface area contributed by atoms with Gasteiger partial charge in [0.05, 0.1) is 12.5 Å². The van der Waals surface area contributed by atoms with E-state index in [1.807, 2.05) is 0 Å². The summed E-state index contributed by atoms with van der Waals surface area (Å²) in [6.45, 7) is 2.38. The van der Waals surface area contributed by atoms with Crippen molar-refractivity contribution in [3.63, 3.8) is 0 Å². The minimum absolute atomic E-state index is 0.0341. The molecule has 21 heavy (non-hydrogen) atoms. The summed E-state index contributed by atoms with van der Waals surface area (Å²) in [6, 6.07) is 4.07. The molecule has 0 heterocycles. The van der Waals surface area contributed by atoms with Crippen molar-refractivity contribution in [2.75, 3.05) is 6.61 Å². The van der Waals surface area contributed by atoms with Crippen LogP contribution in [0.25, 0.3) is 0 Å². The third-order valence-electron chi connectivity index (χ3n) is 3.98. The number of nitrogens with one attached hydrogen (secondary N) is 1. The summed E-state index contributed by atoms with van der Waals surface area (Å²) >= 11 is 0. The van der Waals surface area contributed by atoms with E-state index in [0.717, 1.165) is 25.7 Å². The highest BCUT2D eigenvalue weighted by molar-refractivity contribution is 5.72. The van der Waals surface area contributed by atoms with Crippen LogP contribution in [0.4, 0.5) is 8.78 Å². The number of hydrogen-bond acceptors (Lipinski definition) is 3. The Morgan fingerprint density at radius 2 is 1.86 bits per heavy atom. The SMILES string of the molecule is CCOC(=O)C1CCC(NCc2c(F)cccc2F)CC1. The van der Waals surface area contributed by atoms with Crippen molar-refractivity contribution in [3.8, 4) is 0 Å². The second kappa shape index (κ2) is 7.50. The molecule has 0 aromatic heterocycles. The predicted molar refractivity (Wildman–Crippen MR) is 75.6 cm³/mol. The molecule has 116 valence electrons. The highest BCUT2D eigenvalue weighted by Gasteiger charge is 2.27. The average Bonchev–Trinajstić information content (AvgIpc) is 2.47. The van der Waals surface area contributed by atoms with E-state index in [2.05, 4.69) is 5.32 Å². The second-order valence-corrected chi connectivity index (χ2v) is 5.38. The van der Waals surface area contributed by atoms with Crippen LogP contribution < -0.4 is 5.32 Å². The van der Waals surface area contributed by atoms with Gasteiger partial charge in [-0.05, 0) is 44.7 Å². The summed E-state index contributed by atoms with van der Waals surface area (Å²) < 4.78 is 32.1. The van der Waals surface area contributed by atoms with Gasteiger partial charge in [-0.1, -0.05) is 6.07 Å². The lowest BCUT2D eigenvalue weighted by atomic mass is 9.86. The van der Waals surface area contributed by atoms with Crippen molar-refractivity contribution < 1.29 is 18.3 Å².